The summed E-state index contributed by atoms with van der Waals surface area (Å²) in [6, 6.07) is 0. The Morgan fingerprint density at radius 3 is 2.73 bits per heavy atom. The summed E-state index contributed by atoms with van der Waals surface area (Å²) < 4.78 is 25.6. The third kappa shape index (κ3) is 1.25. The summed E-state index contributed by atoms with van der Waals surface area (Å²) in [4.78, 5) is 10.2. The fourth-order valence-electron chi connectivity index (χ4n) is 1.06. The largest absolute Gasteiger partial charge is 0.479 e. The molecular formula is C7H8F2O2. The molecule has 0 heterocycles. The van der Waals surface area contributed by atoms with Crippen LogP contribution >= 0.6 is 0 Å². The molecule has 11 heavy (non-hydrogen) atoms. The van der Waals surface area contributed by atoms with Gasteiger partial charge in [0.1, 0.15) is 5.83 Å². The van der Waals surface area contributed by atoms with Gasteiger partial charge < -0.3 is 5.11 Å². The van der Waals surface area contributed by atoms with Crippen LogP contribution < -0.4 is 0 Å². The lowest BCUT2D eigenvalue weighted by Gasteiger charge is -2.21. The molecule has 0 unspecified atom stereocenters. The predicted octanol–water partition coefficient (Wildman–Crippen LogP) is 1.82. The van der Waals surface area contributed by atoms with E-state index in [1.165, 1.54) is 0 Å². The van der Waals surface area contributed by atoms with Crippen LogP contribution in [0.3, 0.4) is 0 Å². The fraction of sp³-hybridized carbons (Fsp3) is 0.571. The summed E-state index contributed by atoms with van der Waals surface area (Å²) in [7, 11) is 0. The third-order valence-electron chi connectivity index (χ3n) is 1.77. The molecular weight excluding hydrogens is 154 g/mol. The third-order valence-corrected chi connectivity index (χ3v) is 1.77. The fourth-order valence-corrected chi connectivity index (χ4v) is 1.06. The Bertz CT molecular complexity index is 212. The number of hydrogen-bond acceptors (Lipinski definition) is 1. The first-order chi connectivity index (χ1) is 5.07. The van der Waals surface area contributed by atoms with Crippen molar-refractivity contribution in [2.24, 2.45) is 0 Å². The first-order valence-electron chi connectivity index (χ1n) is 3.36. The maximum Gasteiger partial charge on any atom is 0.348 e. The molecule has 2 nitrogen and oxygen atoms in total. The highest BCUT2D eigenvalue weighted by molar-refractivity contribution is 5.81. The number of halogens is 2. The van der Waals surface area contributed by atoms with Crippen molar-refractivity contribution in [3.8, 4) is 0 Å². The zero-order chi connectivity index (χ0) is 8.48. The van der Waals surface area contributed by atoms with E-state index in [0.29, 0.717) is 12.8 Å². The summed E-state index contributed by atoms with van der Waals surface area (Å²) >= 11 is 0. The molecule has 0 bridgehead atoms. The van der Waals surface area contributed by atoms with Gasteiger partial charge in [-0.3, -0.25) is 0 Å². The molecule has 0 saturated carbocycles. The summed E-state index contributed by atoms with van der Waals surface area (Å²) in [5, 5.41) is 8.31. The SMILES string of the molecule is O=C(O)[C@]1(F)CCCC=C1F. The highest BCUT2D eigenvalue weighted by atomic mass is 19.2. The van der Waals surface area contributed by atoms with Crippen LogP contribution in [0.2, 0.25) is 0 Å². The lowest BCUT2D eigenvalue weighted by molar-refractivity contribution is -0.150. The smallest absolute Gasteiger partial charge is 0.348 e. The van der Waals surface area contributed by atoms with E-state index in [0.717, 1.165) is 6.08 Å². The van der Waals surface area contributed by atoms with Crippen LogP contribution in [0.5, 0.6) is 0 Å². The van der Waals surface area contributed by atoms with E-state index in [4.69, 9.17) is 5.11 Å². The number of hydrogen-bond donors (Lipinski definition) is 1. The van der Waals surface area contributed by atoms with E-state index in [1.807, 2.05) is 0 Å². The summed E-state index contributed by atoms with van der Waals surface area (Å²) in [6.45, 7) is 0. The van der Waals surface area contributed by atoms with Crippen molar-refractivity contribution in [3.05, 3.63) is 11.9 Å². The molecule has 0 aromatic carbocycles. The van der Waals surface area contributed by atoms with Crippen molar-refractivity contribution in [3.63, 3.8) is 0 Å². The van der Waals surface area contributed by atoms with Crippen LogP contribution in [0.4, 0.5) is 8.78 Å². The van der Waals surface area contributed by atoms with Gasteiger partial charge in [0.25, 0.3) is 5.67 Å². The summed E-state index contributed by atoms with van der Waals surface area (Å²) in [6.07, 6.45) is 1.54. The normalized spacial score (nSPS) is 31.3. The van der Waals surface area contributed by atoms with E-state index in [-0.39, 0.29) is 6.42 Å². The number of aliphatic carboxylic acids is 1. The Morgan fingerprint density at radius 1 is 1.73 bits per heavy atom. The molecule has 0 amide bonds. The summed E-state index contributed by atoms with van der Waals surface area (Å²) in [5.74, 6) is -2.89. The Morgan fingerprint density at radius 2 is 2.36 bits per heavy atom. The number of rotatable bonds is 1. The highest BCUT2D eigenvalue weighted by Gasteiger charge is 2.44. The second-order valence-electron chi connectivity index (χ2n) is 2.55. The molecule has 1 atom stereocenters. The highest BCUT2D eigenvalue weighted by Crippen LogP contribution is 2.33. The van der Waals surface area contributed by atoms with E-state index < -0.39 is 17.5 Å². The number of alkyl halides is 1. The molecule has 0 radical (unpaired) electrons. The average Bonchev–Trinajstić information content (AvgIpc) is 1.95. The monoisotopic (exact) mass is 162 g/mol. The van der Waals surface area contributed by atoms with Crippen LogP contribution in [-0.2, 0) is 4.79 Å². The first kappa shape index (κ1) is 8.17. The van der Waals surface area contributed by atoms with E-state index in [2.05, 4.69) is 0 Å². The number of allylic oxidation sites excluding steroid dienone is 1. The lowest BCUT2D eigenvalue weighted by atomic mass is 9.92. The summed E-state index contributed by atoms with van der Waals surface area (Å²) in [5.41, 5.74) is -2.75. The van der Waals surface area contributed by atoms with Gasteiger partial charge in [-0.15, -0.1) is 0 Å². The van der Waals surface area contributed by atoms with Crippen LogP contribution in [0, 0.1) is 0 Å². The number of carbonyl (C=O) groups is 1. The standard InChI is InChI=1S/C7H8F2O2/c8-5-3-1-2-4-7(5,9)6(10)11/h3H,1-2,4H2,(H,10,11)/t7-/m0/s1. The van der Waals surface area contributed by atoms with Gasteiger partial charge in [0.05, 0.1) is 0 Å². The van der Waals surface area contributed by atoms with Gasteiger partial charge in [-0.1, -0.05) is 0 Å². The van der Waals surface area contributed by atoms with Gasteiger partial charge in [-0.2, -0.15) is 0 Å². The molecule has 1 N–H and O–H groups in total. The maximum atomic E-state index is 13.0. The van der Waals surface area contributed by atoms with Gasteiger partial charge in [-0.05, 0) is 25.3 Å². The van der Waals surface area contributed by atoms with E-state index in [1.54, 1.807) is 0 Å². The molecule has 4 heteroatoms. The predicted molar refractivity (Wildman–Crippen MR) is 34.5 cm³/mol. The average molecular weight is 162 g/mol. The minimum absolute atomic E-state index is 0.259. The minimum Gasteiger partial charge on any atom is -0.479 e. The van der Waals surface area contributed by atoms with Gasteiger partial charge in [0, 0.05) is 0 Å². The molecule has 0 aromatic heterocycles. The van der Waals surface area contributed by atoms with Crippen molar-refractivity contribution >= 4 is 5.97 Å². The number of carboxylic acid groups (broad SMARTS) is 1. The second kappa shape index (κ2) is 2.60. The molecule has 1 rings (SSSR count). The van der Waals surface area contributed by atoms with Crippen molar-refractivity contribution in [1.82, 2.24) is 0 Å². The molecule has 62 valence electrons. The minimum atomic E-state index is -2.75. The Balaban J connectivity index is 2.92. The van der Waals surface area contributed by atoms with E-state index >= 15 is 0 Å². The Labute approximate surface area is 62.5 Å². The van der Waals surface area contributed by atoms with Gasteiger partial charge >= 0.3 is 5.97 Å². The van der Waals surface area contributed by atoms with Crippen molar-refractivity contribution < 1.29 is 18.7 Å². The molecule has 1 aliphatic rings. The first-order valence-corrected chi connectivity index (χ1v) is 3.36. The van der Waals surface area contributed by atoms with E-state index in [9.17, 15) is 13.6 Å². The van der Waals surface area contributed by atoms with Crippen LogP contribution in [-0.4, -0.2) is 16.7 Å². The Kier molecular flexibility index (Phi) is 1.93. The molecule has 0 aromatic rings. The topological polar surface area (TPSA) is 37.3 Å². The molecule has 0 saturated heterocycles. The van der Waals surface area contributed by atoms with Crippen LogP contribution in [0.25, 0.3) is 0 Å². The van der Waals surface area contributed by atoms with Crippen LogP contribution in [0.1, 0.15) is 19.3 Å². The van der Waals surface area contributed by atoms with Crippen molar-refractivity contribution in [2.45, 2.75) is 24.9 Å². The molecule has 0 aliphatic heterocycles. The van der Waals surface area contributed by atoms with Gasteiger partial charge in [-0.25, -0.2) is 13.6 Å². The molecule has 0 fully saturated rings. The van der Waals surface area contributed by atoms with Crippen molar-refractivity contribution in [1.29, 1.82) is 0 Å². The molecule has 1 aliphatic carbocycles. The van der Waals surface area contributed by atoms with Crippen LogP contribution in [0.15, 0.2) is 11.9 Å². The quantitative estimate of drug-likeness (QED) is 0.638. The van der Waals surface area contributed by atoms with Gasteiger partial charge in [0.15, 0.2) is 0 Å². The zero-order valence-electron chi connectivity index (χ0n) is 5.81. The lowest BCUT2D eigenvalue weighted by Crippen LogP contribution is -2.35. The molecule has 0 spiro atoms. The van der Waals surface area contributed by atoms with Gasteiger partial charge in [0.2, 0.25) is 0 Å². The second-order valence-corrected chi connectivity index (χ2v) is 2.55. The maximum absolute atomic E-state index is 13.0. The number of carboxylic acids is 1. The Hall–Kier alpha value is -0.930. The van der Waals surface area contributed by atoms with Crippen molar-refractivity contribution in [2.75, 3.05) is 0 Å². The zero-order valence-corrected chi connectivity index (χ0v) is 5.81.